The van der Waals surface area contributed by atoms with Crippen molar-refractivity contribution in [2.45, 2.75) is 25.8 Å². The van der Waals surface area contributed by atoms with Crippen molar-refractivity contribution in [2.75, 3.05) is 56.0 Å². The normalized spacial score (nSPS) is 14.9. The molecule has 9 heteroatoms. The Hall–Kier alpha value is -3.35. The van der Waals surface area contributed by atoms with Gasteiger partial charge in [0, 0.05) is 42.0 Å². The highest BCUT2D eigenvalue weighted by atomic mass is 31.2. The lowest BCUT2D eigenvalue weighted by Crippen LogP contribution is -2.42. The molecule has 4 aromatic rings. The van der Waals surface area contributed by atoms with Crippen molar-refractivity contribution in [3.05, 3.63) is 60.3 Å². The van der Waals surface area contributed by atoms with Crippen LogP contribution in [0.1, 0.15) is 18.4 Å². The number of hydrogen-bond donors (Lipinski definition) is 3. The van der Waals surface area contributed by atoms with Crippen LogP contribution in [0.25, 0.3) is 11.0 Å². The van der Waals surface area contributed by atoms with Crippen molar-refractivity contribution in [1.29, 1.82) is 0 Å². The van der Waals surface area contributed by atoms with Gasteiger partial charge < -0.3 is 30.0 Å². The van der Waals surface area contributed by atoms with Crippen LogP contribution in [-0.4, -0.2) is 66.4 Å². The molecule has 1 saturated heterocycles. The van der Waals surface area contributed by atoms with Crippen LogP contribution in [0, 0.1) is 6.92 Å². The number of H-pyrrole nitrogens is 1. The van der Waals surface area contributed by atoms with Crippen molar-refractivity contribution < 1.29 is 4.57 Å². The predicted octanol–water partition coefficient (Wildman–Crippen LogP) is 5.53. The number of hydrogen-bond acceptors (Lipinski definition) is 7. The quantitative estimate of drug-likeness (QED) is 0.278. The number of aryl methyl sites for hydroxylation is 1. The SMILES string of the molecule is Cc1cc(Nc2nc(Nc3ccccc3P(C)(C)=O)c3cc[nH]c3n2)ccc1N1CCC(N(C)C)CC1. The van der Waals surface area contributed by atoms with Crippen LogP contribution in [0.3, 0.4) is 0 Å². The Morgan fingerprint density at radius 3 is 2.49 bits per heavy atom. The average molecular weight is 518 g/mol. The Morgan fingerprint density at radius 2 is 1.78 bits per heavy atom. The fraction of sp³-hybridized carbons (Fsp3) is 0.357. The third-order valence-corrected chi connectivity index (χ3v) is 8.69. The second-order valence-corrected chi connectivity index (χ2v) is 13.6. The van der Waals surface area contributed by atoms with Gasteiger partial charge in [-0.25, -0.2) is 0 Å². The number of para-hydroxylation sites is 1. The van der Waals surface area contributed by atoms with Crippen LogP contribution >= 0.6 is 7.14 Å². The number of aromatic nitrogens is 3. The number of fused-ring (bicyclic) bond motifs is 1. The number of piperidine rings is 1. The third-order valence-electron chi connectivity index (χ3n) is 7.14. The second kappa shape index (κ2) is 10.2. The molecule has 3 heterocycles. The molecule has 2 aromatic carbocycles. The highest BCUT2D eigenvalue weighted by Crippen LogP contribution is 2.38. The fourth-order valence-corrected chi connectivity index (χ4v) is 6.26. The first-order valence-electron chi connectivity index (χ1n) is 12.7. The summed E-state index contributed by atoms with van der Waals surface area (Å²) in [5.41, 5.74) is 4.97. The van der Waals surface area contributed by atoms with E-state index in [1.807, 2.05) is 36.5 Å². The van der Waals surface area contributed by atoms with E-state index in [1.54, 1.807) is 13.3 Å². The Kier molecular flexibility index (Phi) is 6.97. The lowest BCUT2D eigenvalue weighted by Gasteiger charge is -2.37. The van der Waals surface area contributed by atoms with E-state index in [0.29, 0.717) is 17.8 Å². The number of anilines is 5. The van der Waals surface area contributed by atoms with E-state index in [2.05, 4.69) is 69.6 Å². The summed E-state index contributed by atoms with van der Waals surface area (Å²) in [5, 5.41) is 8.47. The third kappa shape index (κ3) is 5.50. The zero-order chi connectivity index (χ0) is 26.2. The molecule has 0 radical (unpaired) electrons. The van der Waals surface area contributed by atoms with Gasteiger partial charge in [0.2, 0.25) is 5.95 Å². The van der Waals surface area contributed by atoms with Crippen molar-refractivity contribution in [3.63, 3.8) is 0 Å². The molecule has 0 bridgehead atoms. The lowest BCUT2D eigenvalue weighted by molar-refractivity contribution is 0.249. The molecular formula is C28H36N7OP. The van der Waals surface area contributed by atoms with Gasteiger partial charge in [0.25, 0.3) is 0 Å². The lowest BCUT2D eigenvalue weighted by atomic mass is 10.0. The van der Waals surface area contributed by atoms with Gasteiger partial charge in [-0.05, 0) is 89.2 Å². The van der Waals surface area contributed by atoms with Gasteiger partial charge in [0.1, 0.15) is 18.6 Å². The second-order valence-electron chi connectivity index (χ2n) is 10.4. The number of rotatable bonds is 7. The summed E-state index contributed by atoms with van der Waals surface area (Å²) in [4.78, 5) is 17.5. The summed E-state index contributed by atoms with van der Waals surface area (Å²) in [6.07, 6.45) is 4.21. The van der Waals surface area contributed by atoms with E-state index >= 15 is 0 Å². The van der Waals surface area contributed by atoms with Crippen LogP contribution in [0.4, 0.5) is 28.8 Å². The maximum atomic E-state index is 12.9. The Morgan fingerprint density at radius 1 is 1.03 bits per heavy atom. The van der Waals surface area contributed by atoms with Gasteiger partial charge in [-0.3, -0.25) is 0 Å². The minimum absolute atomic E-state index is 0.491. The molecule has 5 rings (SSSR count). The largest absolute Gasteiger partial charge is 0.371 e. The first kappa shape index (κ1) is 25.3. The van der Waals surface area contributed by atoms with Gasteiger partial charge in [0.15, 0.2) is 0 Å². The minimum Gasteiger partial charge on any atom is -0.371 e. The first-order chi connectivity index (χ1) is 17.7. The summed E-state index contributed by atoms with van der Waals surface area (Å²) in [6.45, 7) is 7.86. The molecular weight excluding hydrogens is 481 g/mol. The van der Waals surface area contributed by atoms with Crippen molar-refractivity contribution in [1.82, 2.24) is 19.9 Å². The summed E-state index contributed by atoms with van der Waals surface area (Å²) in [7, 11) is 1.87. The van der Waals surface area contributed by atoms with Crippen LogP contribution < -0.4 is 20.8 Å². The Labute approximate surface area is 218 Å². The average Bonchev–Trinajstić information content (AvgIpc) is 3.33. The van der Waals surface area contributed by atoms with Crippen LogP contribution in [0.5, 0.6) is 0 Å². The summed E-state index contributed by atoms with van der Waals surface area (Å²) >= 11 is 0. The summed E-state index contributed by atoms with van der Waals surface area (Å²) < 4.78 is 12.9. The van der Waals surface area contributed by atoms with E-state index in [4.69, 9.17) is 4.98 Å². The van der Waals surface area contributed by atoms with Gasteiger partial charge in [-0.1, -0.05) is 12.1 Å². The van der Waals surface area contributed by atoms with Gasteiger partial charge in [-0.2, -0.15) is 9.97 Å². The van der Waals surface area contributed by atoms with Crippen molar-refractivity contribution in [3.8, 4) is 0 Å². The monoisotopic (exact) mass is 517 g/mol. The smallest absolute Gasteiger partial charge is 0.231 e. The highest BCUT2D eigenvalue weighted by Gasteiger charge is 2.22. The standard InChI is InChI=1S/C28H36N7OP/c1-19-18-20(10-11-24(19)35-16-13-21(14-17-35)34(2)3)30-28-32-26-22(12-15-29-26)27(33-28)31-23-8-6-7-9-25(23)37(4,5)36/h6-12,15,18,21H,13-14,16-17H2,1-5H3,(H3,29,30,31,32,33). The molecule has 0 unspecified atom stereocenters. The molecule has 37 heavy (non-hydrogen) atoms. The first-order valence-corrected chi connectivity index (χ1v) is 15.3. The molecule has 0 aliphatic carbocycles. The van der Waals surface area contributed by atoms with Crippen LogP contribution in [0.2, 0.25) is 0 Å². The Bertz CT molecular complexity index is 1450. The predicted molar refractivity (Wildman–Crippen MR) is 156 cm³/mol. The van der Waals surface area contributed by atoms with Crippen molar-refractivity contribution in [2.24, 2.45) is 0 Å². The molecule has 1 aliphatic heterocycles. The molecule has 1 fully saturated rings. The van der Waals surface area contributed by atoms with E-state index in [1.165, 1.54) is 24.1 Å². The van der Waals surface area contributed by atoms with E-state index in [-0.39, 0.29) is 0 Å². The molecule has 0 atom stereocenters. The zero-order valence-corrected chi connectivity index (χ0v) is 23.1. The van der Waals surface area contributed by atoms with Crippen molar-refractivity contribution >= 4 is 52.3 Å². The van der Waals surface area contributed by atoms with Crippen LogP contribution in [-0.2, 0) is 4.57 Å². The maximum absolute atomic E-state index is 12.9. The number of benzene rings is 2. The molecule has 0 amide bonds. The molecule has 8 nitrogen and oxygen atoms in total. The molecule has 194 valence electrons. The molecule has 3 N–H and O–H groups in total. The Balaban J connectivity index is 1.39. The van der Waals surface area contributed by atoms with Gasteiger partial charge >= 0.3 is 0 Å². The fourth-order valence-electron chi connectivity index (χ4n) is 5.11. The number of aromatic amines is 1. The van der Waals surface area contributed by atoms with E-state index < -0.39 is 7.14 Å². The number of nitrogens with one attached hydrogen (secondary N) is 3. The van der Waals surface area contributed by atoms with Gasteiger partial charge in [-0.15, -0.1) is 0 Å². The summed E-state index contributed by atoms with van der Waals surface area (Å²) in [5.74, 6) is 1.15. The van der Waals surface area contributed by atoms with Gasteiger partial charge in [0.05, 0.1) is 11.1 Å². The van der Waals surface area contributed by atoms with Crippen LogP contribution in [0.15, 0.2) is 54.7 Å². The van der Waals surface area contributed by atoms with E-state index in [9.17, 15) is 4.57 Å². The molecule has 0 spiro atoms. The zero-order valence-electron chi connectivity index (χ0n) is 22.2. The topological polar surface area (TPSA) is 89.2 Å². The molecule has 1 aliphatic rings. The van der Waals surface area contributed by atoms with E-state index in [0.717, 1.165) is 40.8 Å². The summed E-state index contributed by atoms with van der Waals surface area (Å²) in [6, 6.07) is 16.7. The highest BCUT2D eigenvalue weighted by molar-refractivity contribution is 7.70. The maximum Gasteiger partial charge on any atom is 0.231 e. The number of nitrogens with zero attached hydrogens (tertiary/aromatic N) is 4. The minimum atomic E-state index is -2.47. The molecule has 0 saturated carbocycles. The molecule has 2 aromatic heterocycles.